The Morgan fingerprint density at radius 3 is 2.89 bits per heavy atom. The third kappa shape index (κ3) is 6.50. The van der Waals surface area contributed by atoms with Crippen molar-refractivity contribution in [3.8, 4) is 11.8 Å². The predicted octanol–water partition coefficient (Wildman–Crippen LogP) is 3.73. The average Bonchev–Trinajstić information content (AvgIpc) is 3.27. The quantitative estimate of drug-likeness (QED) is 0.486. The van der Waals surface area contributed by atoms with Crippen LogP contribution in [-0.4, -0.2) is 45.7 Å². The van der Waals surface area contributed by atoms with Crippen molar-refractivity contribution in [2.75, 3.05) is 6.54 Å². The fourth-order valence-corrected chi connectivity index (χ4v) is 4.10. The second-order valence-corrected chi connectivity index (χ2v) is 8.30. The first-order valence-electron chi connectivity index (χ1n) is 9.86. The van der Waals surface area contributed by atoms with E-state index in [1.54, 1.807) is 12.1 Å². The Hall–Kier alpha value is -2.10. The molecule has 3 unspecified atom stereocenters. The SMILES string of the molecule is CCC#CCC(C)C(O)C=CC1CCC(=O)N1CCCc1ccc(C(=O)O)s1. The molecule has 2 N–H and O–H groups in total. The Morgan fingerprint density at radius 2 is 2.21 bits per heavy atom. The summed E-state index contributed by atoms with van der Waals surface area (Å²) in [4.78, 5) is 26.4. The molecule has 1 aromatic rings. The van der Waals surface area contributed by atoms with Gasteiger partial charge in [0, 0.05) is 30.7 Å². The van der Waals surface area contributed by atoms with Gasteiger partial charge in [-0.2, -0.15) is 0 Å². The number of likely N-dealkylation sites (tertiary alicyclic amines) is 1. The molecule has 1 amide bonds. The highest BCUT2D eigenvalue weighted by atomic mass is 32.1. The molecule has 5 nitrogen and oxygen atoms in total. The molecule has 1 fully saturated rings. The summed E-state index contributed by atoms with van der Waals surface area (Å²) in [6.07, 6.45) is 7.52. The molecule has 1 aliphatic rings. The van der Waals surface area contributed by atoms with E-state index in [4.69, 9.17) is 5.11 Å². The van der Waals surface area contributed by atoms with E-state index in [2.05, 4.69) is 11.8 Å². The van der Waals surface area contributed by atoms with Gasteiger partial charge in [-0.15, -0.1) is 23.2 Å². The molecule has 3 atom stereocenters. The van der Waals surface area contributed by atoms with Crippen molar-refractivity contribution >= 4 is 23.2 Å². The molecule has 0 aliphatic carbocycles. The summed E-state index contributed by atoms with van der Waals surface area (Å²) in [5, 5.41) is 19.3. The van der Waals surface area contributed by atoms with Gasteiger partial charge in [0.1, 0.15) is 4.88 Å². The molecule has 2 heterocycles. The van der Waals surface area contributed by atoms with Crippen LogP contribution in [0.15, 0.2) is 24.3 Å². The molecule has 0 bridgehead atoms. The summed E-state index contributed by atoms with van der Waals surface area (Å²) >= 11 is 1.29. The number of aryl methyl sites for hydroxylation is 1. The lowest BCUT2D eigenvalue weighted by atomic mass is 10.00. The van der Waals surface area contributed by atoms with Gasteiger partial charge in [0.2, 0.25) is 5.91 Å². The van der Waals surface area contributed by atoms with Crippen molar-refractivity contribution in [1.82, 2.24) is 4.90 Å². The normalized spacial score (nSPS) is 18.9. The molecule has 152 valence electrons. The molecule has 1 aliphatic heterocycles. The minimum Gasteiger partial charge on any atom is -0.477 e. The smallest absolute Gasteiger partial charge is 0.345 e. The molecule has 1 saturated heterocycles. The first-order chi connectivity index (χ1) is 13.4. The van der Waals surface area contributed by atoms with Gasteiger partial charge in [-0.1, -0.05) is 26.0 Å². The Morgan fingerprint density at radius 1 is 1.43 bits per heavy atom. The summed E-state index contributed by atoms with van der Waals surface area (Å²) in [5.74, 6) is 5.39. The monoisotopic (exact) mass is 403 g/mol. The summed E-state index contributed by atoms with van der Waals surface area (Å²) in [7, 11) is 0. The van der Waals surface area contributed by atoms with Crippen LogP contribution in [0, 0.1) is 17.8 Å². The molecule has 6 heteroatoms. The van der Waals surface area contributed by atoms with Crippen molar-refractivity contribution in [3.63, 3.8) is 0 Å². The van der Waals surface area contributed by atoms with Gasteiger partial charge in [-0.3, -0.25) is 4.79 Å². The number of aliphatic hydroxyl groups is 1. The molecule has 0 radical (unpaired) electrons. The van der Waals surface area contributed by atoms with Crippen molar-refractivity contribution in [3.05, 3.63) is 34.0 Å². The van der Waals surface area contributed by atoms with Gasteiger partial charge in [-0.05, 0) is 37.3 Å². The van der Waals surface area contributed by atoms with E-state index in [9.17, 15) is 14.7 Å². The maximum Gasteiger partial charge on any atom is 0.345 e. The zero-order valence-electron chi connectivity index (χ0n) is 16.6. The van der Waals surface area contributed by atoms with Gasteiger partial charge >= 0.3 is 5.97 Å². The first-order valence-corrected chi connectivity index (χ1v) is 10.7. The predicted molar refractivity (Wildman–Crippen MR) is 111 cm³/mol. The number of carbonyl (C=O) groups is 2. The summed E-state index contributed by atoms with van der Waals surface area (Å²) in [6.45, 7) is 4.62. The molecular formula is C22H29NO4S. The fourth-order valence-electron chi connectivity index (χ4n) is 3.21. The lowest BCUT2D eigenvalue weighted by Gasteiger charge is -2.23. The number of thiophene rings is 1. The third-order valence-corrected chi connectivity index (χ3v) is 6.04. The summed E-state index contributed by atoms with van der Waals surface area (Å²) in [5.41, 5.74) is 0. The zero-order valence-corrected chi connectivity index (χ0v) is 17.4. The number of nitrogens with zero attached hydrogens (tertiary/aromatic N) is 1. The fraction of sp³-hybridized carbons (Fsp3) is 0.545. The molecule has 0 saturated carbocycles. The van der Waals surface area contributed by atoms with Crippen LogP contribution in [0.3, 0.4) is 0 Å². The molecule has 0 aromatic carbocycles. The molecule has 0 spiro atoms. The third-order valence-electron chi connectivity index (χ3n) is 4.91. The van der Waals surface area contributed by atoms with E-state index < -0.39 is 12.1 Å². The number of hydrogen-bond donors (Lipinski definition) is 2. The number of amides is 1. The van der Waals surface area contributed by atoms with Crippen molar-refractivity contribution < 1.29 is 19.8 Å². The molecular weight excluding hydrogens is 374 g/mol. The van der Waals surface area contributed by atoms with Crippen molar-refractivity contribution in [2.45, 2.75) is 64.5 Å². The van der Waals surface area contributed by atoms with Gasteiger partial charge in [0.25, 0.3) is 0 Å². The van der Waals surface area contributed by atoms with E-state index in [0.29, 0.717) is 24.3 Å². The number of rotatable bonds is 9. The Balaban J connectivity index is 1.85. The van der Waals surface area contributed by atoms with Crippen LogP contribution in [-0.2, 0) is 11.2 Å². The van der Waals surface area contributed by atoms with Crippen LogP contribution in [0.1, 0.15) is 60.5 Å². The Labute approximate surface area is 171 Å². The summed E-state index contributed by atoms with van der Waals surface area (Å²) < 4.78 is 0. The number of aromatic carboxylic acids is 1. The number of carbonyl (C=O) groups excluding carboxylic acids is 1. The maximum atomic E-state index is 12.2. The average molecular weight is 404 g/mol. The second-order valence-electron chi connectivity index (χ2n) is 7.13. The van der Waals surface area contributed by atoms with Gasteiger partial charge < -0.3 is 15.1 Å². The van der Waals surface area contributed by atoms with Crippen molar-refractivity contribution in [2.24, 2.45) is 5.92 Å². The highest BCUT2D eigenvalue weighted by Crippen LogP contribution is 2.23. The minimum absolute atomic E-state index is 0.0222. The Kier molecular flexibility index (Phi) is 8.75. The largest absolute Gasteiger partial charge is 0.477 e. The highest BCUT2D eigenvalue weighted by Gasteiger charge is 2.28. The van der Waals surface area contributed by atoms with Crippen LogP contribution < -0.4 is 0 Å². The maximum absolute atomic E-state index is 12.2. The molecule has 2 rings (SSSR count). The molecule has 28 heavy (non-hydrogen) atoms. The number of carboxylic acids is 1. The van der Waals surface area contributed by atoms with Crippen LogP contribution in [0.25, 0.3) is 0 Å². The zero-order chi connectivity index (χ0) is 20.5. The van der Waals surface area contributed by atoms with Crippen LogP contribution >= 0.6 is 11.3 Å². The number of hydrogen-bond acceptors (Lipinski definition) is 4. The number of carboxylic acid groups (broad SMARTS) is 1. The van der Waals surface area contributed by atoms with Crippen molar-refractivity contribution in [1.29, 1.82) is 0 Å². The Bertz CT molecular complexity index is 758. The minimum atomic E-state index is -0.898. The lowest BCUT2D eigenvalue weighted by molar-refractivity contribution is -0.128. The topological polar surface area (TPSA) is 77.8 Å². The lowest BCUT2D eigenvalue weighted by Crippen LogP contribution is -2.33. The van der Waals surface area contributed by atoms with E-state index in [1.807, 2.05) is 30.9 Å². The van der Waals surface area contributed by atoms with Gasteiger partial charge in [0.15, 0.2) is 0 Å². The van der Waals surface area contributed by atoms with E-state index >= 15 is 0 Å². The first kappa shape index (κ1) is 22.2. The standard InChI is InChI=1S/C22H29NO4S/c1-3-4-5-7-16(2)19(24)12-9-17-10-14-21(25)23(17)15-6-8-18-11-13-20(28-18)22(26)27/h9,11-13,16-17,19,24H,3,6-8,10,14-15H2,1-2H3,(H,26,27). The van der Waals surface area contributed by atoms with Crippen LogP contribution in [0.2, 0.25) is 0 Å². The van der Waals surface area contributed by atoms with Crippen LogP contribution in [0.5, 0.6) is 0 Å². The highest BCUT2D eigenvalue weighted by molar-refractivity contribution is 7.13. The van der Waals surface area contributed by atoms with E-state index in [1.165, 1.54) is 11.3 Å². The van der Waals surface area contributed by atoms with Gasteiger partial charge in [-0.25, -0.2) is 4.79 Å². The van der Waals surface area contributed by atoms with Crippen LogP contribution in [0.4, 0.5) is 0 Å². The van der Waals surface area contributed by atoms with E-state index in [0.717, 1.165) is 30.6 Å². The molecule has 1 aromatic heterocycles. The number of aliphatic hydroxyl groups excluding tert-OH is 1. The second kappa shape index (κ2) is 11.0. The van der Waals surface area contributed by atoms with E-state index in [-0.39, 0.29) is 17.9 Å². The van der Waals surface area contributed by atoms with Gasteiger partial charge in [0.05, 0.1) is 12.1 Å². The summed E-state index contributed by atoms with van der Waals surface area (Å²) in [6, 6.07) is 3.49.